The van der Waals surface area contributed by atoms with E-state index in [-0.39, 0.29) is 6.04 Å². The summed E-state index contributed by atoms with van der Waals surface area (Å²) in [5, 5.41) is 9.92. The molecule has 7 heteroatoms. The number of nitrogens with zero attached hydrogens (tertiary/aromatic N) is 4. The summed E-state index contributed by atoms with van der Waals surface area (Å²) < 4.78 is 1.83. The van der Waals surface area contributed by atoms with E-state index in [1.807, 2.05) is 31.0 Å². The molecule has 0 fully saturated rings. The summed E-state index contributed by atoms with van der Waals surface area (Å²) in [5.74, 6) is 6.44. The molecule has 1 aliphatic heterocycles. The number of benzene rings is 2. The summed E-state index contributed by atoms with van der Waals surface area (Å²) in [4.78, 5) is 2.21. The molecule has 0 bridgehead atoms. The molecule has 5 N–H and O–H groups in total. The normalized spacial score (nSPS) is 17.6. The average molecular weight is 446 g/mol. The second-order valence-corrected chi connectivity index (χ2v) is 9.17. The lowest BCUT2D eigenvalue weighted by molar-refractivity contribution is 0.402. The van der Waals surface area contributed by atoms with Gasteiger partial charge < -0.3 is 21.0 Å². The van der Waals surface area contributed by atoms with Crippen LogP contribution in [0.25, 0.3) is 16.8 Å². The Labute approximate surface area is 196 Å². The van der Waals surface area contributed by atoms with Crippen molar-refractivity contribution in [2.45, 2.75) is 25.8 Å². The van der Waals surface area contributed by atoms with Crippen LogP contribution in [0.15, 0.2) is 60.6 Å². The molecular weight excluding hydrogens is 410 g/mol. The van der Waals surface area contributed by atoms with Crippen molar-refractivity contribution in [3.63, 3.8) is 0 Å². The summed E-state index contributed by atoms with van der Waals surface area (Å²) in [5.41, 5.74) is 14.8. The maximum atomic E-state index is 6.44. The smallest absolute Gasteiger partial charge is 0.0777 e. The molecule has 3 aromatic rings. The summed E-state index contributed by atoms with van der Waals surface area (Å²) in [6.45, 7) is 3.64. The van der Waals surface area contributed by atoms with Gasteiger partial charge in [0.05, 0.1) is 17.9 Å². The van der Waals surface area contributed by atoms with Gasteiger partial charge in [0, 0.05) is 48.8 Å². The number of hydrogen-bond acceptors (Lipinski definition) is 6. The molecular formula is C26H35N7. The maximum absolute atomic E-state index is 6.44. The Morgan fingerprint density at radius 2 is 2.00 bits per heavy atom. The molecule has 0 spiro atoms. The van der Waals surface area contributed by atoms with Gasteiger partial charge in [0.1, 0.15) is 0 Å². The quantitative estimate of drug-likeness (QED) is 0.503. The van der Waals surface area contributed by atoms with Gasteiger partial charge in [-0.05, 0) is 68.8 Å². The molecule has 0 amide bonds. The van der Waals surface area contributed by atoms with Crippen molar-refractivity contribution < 1.29 is 0 Å². The third-order valence-corrected chi connectivity index (χ3v) is 6.16. The average Bonchev–Trinajstić information content (AvgIpc) is 3.16. The van der Waals surface area contributed by atoms with E-state index in [0.29, 0.717) is 6.54 Å². The molecule has 1 aliphatic rings. The van der Waals surface area contributed by atoms with E-state index in [9.17, 15) is 0 Å². The van der Waals surface area contributed by atoms with Crippen LogP contribution in [0.3, 0.4) is 0 Å². The van der Waals surface area contributed by atoms with Crippen LogP contribution in [-0.4, -0.2) is 46.9 Å². The Morgan fingerprint density at radius 1 is 1.18 bits per heavy atom. The molecule has 0 radical (unpaired) electrons. The number of fused-ring (bicyclic) bond motifs is 1. The van der Waals surface area contributed by atoms with Gasteiger partial charge in [0.25, 0.3) is 0 Å². The van der Waals surface area contributed by atoms with Gasteiger partial charge in [0.15, 0.2) is 0 Å². The van der Waals surface area contributed by atoms with E-state index in [0.717, 1.165) is 53.2 Å². The first-order chi connectivity index (χ1) is 15.8. The first-order valence-corrected chi connectivity index (χ1v) is 11.4. The predicted octanol–water partition coefficient (Wildman–Crippen LogP) is 3.57. The lowest BCUT2D eigenvalue weighted by Crippen LogP contribution is -2.31. The lowest BCUT2D eigenvalue weighted by atomic mass is 9.93. The van der Waals surface area contributed by atoms with Gasteiger partial charge in [-0.1, -0.05) is 24.3 Å². The Hall–Kier alpha value is -3.29. The molecule has 2 heterocycles. The van der Waals surface area contributed by atoms with E-state index in [1.54, 1.807) is 5.01 Å². The van der Waals surface area contributed by atoms with Crippen LogP contribution in [0, 0.1) is 0 Å². The number of aryl methyl sites for hydroxylation is 1. The van der Waals surface area contributed by atoms with Crippen molar-refractivity contribution in [2.75, 3.05) is 32.5 Å². The zero-order chi connectivity index (χ0) is 23.5. The minimum Gasteiger partial charge on any atom is -0.401 e. The highest BCUT2D eigenvalue weighted by Crippen LogP contribution is 2.37. The van der Waals surface area contributed by atoms with Crippen LogP contribution in [0.2, 0.25) is 0 Å². The van der Waals surface area contributed by atoms with Crippen molar-refractivity contribution in [1.82, 2.24) is 19.7 Å². The first-order valence-electron chi connectivity index (χ1n) is 11.4. The standard InChI is InChI=1S/C26H35N7/c1-18(27)26-23-9-8-20(21-16-29-32(4)17-21)15-24(23)25(11-13-33(26)28)30-22-7-5-6-19(14-22)10-12-31(2)3/h5-9,14-17,25,30H,10-13,27-28H2,1-4H3/b26-18-. The molecule has 33 heavy (non-hydrogen) atoms. The van der Waals surface area contributed by atoms with Gasteiger partial charge >= 0.3 is 0 Å². The lowest BCUT2D eigenvalue weighted by Gasteiger charge is -2.22. The van der Waals surface area contributed by atoms with Crippen LogP contribution in [-0.2, 0) is 13.5 Å². The molecule has 174 valence electrons. The zero-order valence-corrected chi connectivity index (χ0v) is 20.0. The van der Waals surface area contributed by atoms with Crippen LogP contribution in [0.1, 0.15) is 36.1 Å². The minimum absolute atomic E-state index is 0.101. The summed E-state index contributed by atoms with van der Waals surface area (Å²) >= 11 is 0. The van der Waals surface area contributed by atoms with Crippen molar-refractivity contribution in [3.8, 4) is 11.1 Å². The van der Waals surface area contributed by atoms with Crippen molar-refractivity contribution in [1.29, 1.82) is 0 Å². The molecule has 1 aromatic heterocycles. The first kappa shape index (κ1) is 22.9. The fourth-order valence-electron chi connectivity index (χ4n) is 4.47. The summed E-state index contributed by atoms with van der Waals surface area (Å²) in [6.07, 6.45) is 5.81. The van der Waals surface area contributed by atoms with Crippen molar-refractivity contribution in [3.05, 3.63) is 77.2 Å². The van der Waals surface area contributed by atoms with Gasteiger partial charge in [-0.3, -0.25) is 4.68 Å². The topological polar surface area (TPSA) is 88.4 Å². The molecule has 0 saturated heterocycles. The summed E-state index contributed by atoms with van der Waals surface area (Å²) in [6, 6.07) is 15.3. The molecule has 0 aliphatic carbocycles. The number of rotatable bonds is 6. The second-order valence-electron chi connectivity index (χ2n) is 9.17. The number of allylic oxidation sites excluding steroid dienone is 1. The van der Waals surface area contributed by atoms with E-state index in [2.05, 4.69) is 71.9 Å². The number of nitrogens with two attached hydrogens (primary N) is 2. The Balaban J connectivity index is 1.73. The second kappa shape index (κ2) is 9.68. The van der Waals surface area contributed by atoms with E-state index < -0.39 is 0 Å². The molecule has 4 rings (SSSR count). The number of hydrogen-bond donors (Lipinski definition) is 3. The van der Waals surface area contributed by atoms with Crippen LogP contribution < -0.4 is 16.9 Å². The fourth-order valence-corrected chi connectivity index (χ4v) is 4.47. The third-order valence-electron chi connectivity index (χ3n) is 6.16. The Bertz CT molecular complexity index is 1140. The number of likely N-dealkylation sites (N-methyl/N-ethyl adjacent to an activating group) is 1. The van der Waals surface area contributed by atoms with E-state index in [1.165, 1.54) is 11.1 Å². The number of nitrogens with one attached hydrogen (secondary N) is 1. The minimum atomic E-state index is 0.101. The van der Waals surface area contributed by atoms with Gasteiger partial charge in [-0.15, -0.1) is 0 Å². The van der Waals surface area contributed by atoms with Gasteiger partial charge in [0.2, 0.25) is 0 Å². The van der Waals surface area contributed by atoms with Crippen LogP contribution >= 0.6 is 0 Å². The van der Waals surface area contributed by atoms with Crippen molar-refractivity contribution >= 4 is 11.4 Å². The maximum Gasteiger partial charge on any atom is 0.0777 e. The van der Waals surface area contributed by atoms with E-state index in [4.69, 9.17) is 11.6 Å². The number of aromatic nitrogens is 2. The van der Waals surface area contributed by atoms with Crippen molar-refractivity contribution in [2.24, 2.45) is 18.6 Å². The number of hydrazine groups is 1. The zero-order valence-electron chi connectivity index (χ0n) is 20.0. The van der Waals surface area contributed by atoms with Gasteiger partial charge in [-0.2, -0.15) is 5.10 Å². The molecule has 7 nitrogen and oxygen atoms in total. The Morgan fingerprint density at radius 3 is 2.70 bits per heavy atom. The Kier molecular flexibility index (Phi) is 6.72. The fraction of sp³-hybridized carbons (Fsp3) is 0.346. The highest BCUT2D eigenvalue weighted by Gasteiger charge is 2.26. The molecule has 0 saturated carbocycles. The number of anilines is 1. The van der Waals surface area contributed by atoms with Gasteiger partial charge in [-0.25, -0.2) is 5.84 Å². The van der Waals surface area contributed by atoms with Crippen LogP contribution in [0.4, 0.5) is 5.69 Å². The largest absolute Gasteiger partial charge is 0.401 e. The highest BCUT2D eigenvalue weighted by atomic mass is 15.4. The van der Waals surface area contributed by atoms with Crippen LogP contribution in [0.5, 0.6) is 0 Å². The predicted molar refractivity (Wildman–Crippen MR) is 136 cm³/mol. The summed E-state index contributed by atoms with van der Waals surface area (Å²) in [7, 11) is 6.15. The van der Waals surface area contributed by atoms with E-state index >= 15 is 0 Å². The molecule has 1 unspecified atom stereocenters. The molecule has 2 aromatic carbocycles. The SMILES string of the molecule is C/C(N)=C1\c2ccc(-c3cnn(C)c3)cc2C(Nc2cccc(CCN(C)C)c2)CCN1N. The third kappa shape index (κ3) is 5.21. The molecule has 1 atom stereocenters. The monoisotopic (exact) mass is 445 g/mol. The highest BCUT2D eigenvalue weighted by molar-refractivity contribution is 5.75.